The maximum Gasteiger partial charge on any atom is 0.470 e. The molecule has 5 nitrogen and oxygen atoms in total. The van der Waals surface area contributed by atoms with Gasteiger partial charge in [0.05, 0.1) is 17.4 Å². The third kappa shape index (κ3) is 4.86. The van der Waals surface area contributed by atoms with Crippen LogP contribution in [-0.2, 0) is 12.7 Å². The number of hydrogen-bond acceptors (Lipinski definition) is 5. The first-order chi connectivity index (χ1) is 15.2. The maximum absolute atomic E-state index is 14.9. The molecule has 1 saturated heterocycles. The number of halogens is 6. The minimum absolute atomic E-state index is 0.00859. The second-order valence-electron chi connectivity index (χ2n) is 7.45. The number of likely N-dealkylation sites (tertiary alicyclic amines) is 1. The van der Waals surface area contributed by atoms with Crippen LogP contribution in [0.3, 0.4) is 0 Å². The van der Waals surface area contributed by atoms with E-state index in [0.29, 0.717) is 6.67 Å². The number of aromatic nitrogens is 2. The second-order valence-corrected chi connectivity index (χ2v) is 7.86. The zero-order valence-corrected chi connectivity index (χ0v) is 17.4. The molecule has 0 N–H and O–H groups in total. The molecule has 2 heterocycles. The molecular formula is C21H18ClF5N4O. The lowest BCUT2D eigenvalue weighted by Gasteiger charge is -2.30. The Hall–Kier alpha value is -2.72. The van der Waals surface area contributed by atoms with E-state index in [-0.39, 0.29) is 28.4 Å². The molecule has 1 aromatic heterocycles. The average Bonchev–Trinajstić information content (AvgIpc) is 3.43. The van der Waals surface area contributed by atoms with Crippen molar-refractivity contribution in [2.75, 3.05) is 24.7 Å². The third-order valence-electron chi connectivity index (χ3n) is 5.17. The zero-order chi connectivity index (χ0) is 22.9. The first-order valence-corrected chi connectivity index (χ1v) is 10.2. The highest BCUT2D eigenvalue weighted by Crippen LogP contribution is 2.32. The Morgan fingerprint density at radius 2 is 1.81 bits per heavy atom. The number of benzene rings is 2. The van der Waals surface area contributed by atoms with Crippen LogP contribution in [0, 0.1) is 11.6 Å². The van der Waals surface area contributed by atoms with Gasteiger partial charge in [0.2, 0.25) is 5.89 Å². The molecular weight excluding hydrogens is 455 g/mol. The van der Waals surface area contributed by atoms with Crippen molar-refractivity contribution < 1.29 is 26.4 Å². The Morgan fingerprint density at radius 1 is 1.06 bits per heavy atom. The van der Waals surface area contributed by atoms with E-state index >= 15 is 0 Å². The Labute approximate surface area is 185 Å². The summed E-state index contributed by atoms with van der Waals surface area (Å²) in [6, 6.07) is 8.43. The Balaban J connectivity index is 1.60. The molecule has 32 heavy (non-hydrogen) atoms. The van der Waals surface area contributed by atoms with Gasteiger partial charge in [0, 0.05) is 17.7 Å². The fraction of sp³-hybridized carbons (Fsp3) is 0.333. The molecule has 11 heteroatoms. The van der Waals surface area contributed by atoms with Crippen molar-refractivity contribution in [3.8, 4) is 11.5 Å². The van der Waals surface area contributed by atoms with E-state index < -0.39 is 29.6 Å². The van der Waals surface area contributed by atoms with Gasteiger partial charge >= 0.3 is 12.1 Å². The van der Waals surface area contributed by atoms with Crippen molar-refractivity contribution in [3.63, 3.8) is 0 Å². The number of alkyl halides is 3. The average molecular weight is 473 g/mol. The lowest BCUT2D eigenvalue weighted by Crippen LogP contribution is -2.36. The SMILES string of the molecule is Fc1cc(-c2nnc(C(F)(F)F)o2)ccc1CN(CN1CCCC1)c1cccc(Cl)c1F. The second kappa shape index (κ2) is 9.03. The van der Waals surface area contributed by atoms with Crippen LogP contribution >= 0.6 is 11.6 Å². The summed E-state index contributed by atoms with van der Waals surface area (Å²) >= 11 is 5.94. The van der Waals surface area contributed by atoms with Crippen molar-refractivity contribution in [2.45, 2.75) is 25.6 Å². The summed E-state index contributed by atoms with van der Waals surface area (Å²) in [6.45, 7) is 2.09. The fourth-order valence-corrected chi connectivity index (χ4v) is 3.75. The lowest BCUT2D eigenvalue weighted by molar-refractivity contribution is -0.156. The summed E-state index contributed by atoms with van der Waals surface area (Å²) < 4.78 is 72.2. The largest absolute Gasteiger partial charge is 0.470 e. The van der Waals surface area contributed by atoms with Gasteiger partial charge in [-0.2, -0.15) is 13.2 Å². The molecule has 4 rings (SSSR count). The van der Waals surface area contributed by atoms with Gasteiger partial charge in [-0.1, -0.05) is 23.7 Å². The van der Waals surface area contributed by atoms with Crippen molar-refractivity contribution in [2.24, 2.45) is 0 Å². The standard InChI is InChI=1S/C21H18ClF5N4O/c22-15-4-3-5-17(18(15)24)31(12-30-8-1-2-9-30)11-14-7-6-13(10-16(14)23)19-28-29-20(32-19)21(25,26)27/h3-7,10H,1-2,8-9,11-12H2. The number of nitrogens with zero attached hydrogens (tertiary/aromatic N) is 4. The number of rotatable bonds is 6. The topological polar surface area (TPSA) is 45.4 Å². The van der Waals surface area contributed by atoms with Gasteiger partial charge in [-0.3, -0.25) is 4.90 Å². The Kier molecular flexibility index (Phi) is 6.34. The predicted molar refractivity (Wildman–Crippen MR) is 108 cm³/mol. The number of anilines is 1. The van der Waals surface area contributed by atoms with E-state index in [4.69, 9.17) is 11.6 Å². The van der Waals surface area contributed by atoms with Crippen molar-refractivity contribution in [1.82, 2.24) is 15.1 Å². The van der Waals surface area contributed by atoms with Crippen LogP contribution in [-0.4, -0.2) is 34.9 Å². The van der Waals surface area contributed by atoms with Crippen LogP contribution in [0.4, 0.5) is 27.6 Å². The van der Waals surface area contributed by atoms with Gasteiger partial charge in [-0.15, -0.1) is 10.2 Å². The molecule has 1 fully saturated rings. The van der Waals surface area contributed by atoms with Gasteiger partial charge in [0.15, 0.2) is 5.82 Å². The summed E-state index contributed by atoms with van der Waals surface area (Å²) in [5, 5.41) is 6.24. The summed E-state index contributed by atoms with van der Waals surface area (Å²) in [5.74, 6) is -3.25. The van der Waals surface area contributed by atoms with Crippen molar-refractivity contribution >= 4 is 17.3 Å². The molecule has 0 unspecified atom stereocenters. The Morgan fingerprint density at radius 3 is 2.47 bits per heavy atom. The van der Waals surface area contributed by atoms with E-state index in [9.17, 15) is 22.0 Å². The van der Waals surface area contributed by atoms with Gasteiger partial charge in [0.1, 0.15) is 5.82 Å². The quantitative estimate of drug-likeness (QED) is 0.428. The number of hydrogen-bond donors (Lipinski definition) is 0. The molecule has 0 amide bonds. The van der Waals surface area contributed by atoms with E-state index in [1.165, 1.54) is 18.2 Å². The van der Waals surface area contributed by atoms with Gasteiger partial charge in [-0.05, 0) is 50.2 Å². The Bertz CT molecular complexity index is 1100. The molecule has 0 saturated carbocycles. The van der Waals surface area contributed by atoms with Crippen LogP contribution in [0.5, 0.6) is 0 Å². The molecule has 0 aliphatic carbocycles. The third-order valence-corrected chi connectivity index (χ3v) is 5.46. The molecule has 1 aliphatic heterocycles. The summed E-state index contributed by atoms with van der Waals surface area (Å²) in [7, 11) is 0. The van der Waals surface area contributed by atoms with Crippen molar-refractivity contribution in [1.29, 1.82) is 0 Å². The predicted octanol–water partition coefficient (Wildman–Crippen LogP) is 5.75. The smallest absolute Gasteiger partial charge is 0.413 e. The first kappa shape index (κ1) is 22.5. The maximum atomic E-state index is 14.9. The van der Waals surface area contributed by atoms with Crippen LogP contribution in [0.2, 0.25) is 5.02 Å². The van der Waals surface area contributed by atoms with Crippen molar-refractivity contribution in [3.05, 3.63) is 64.5 Å². The molecule has 0 radical (unpaired) electrons. The van der Waals surface area contributed by atoms with Gasteiger partial charge in [0.25, 0.3) is 0 Å². The van der Waals surface area contributed by atoms with Crippen LogP contribution in [0.25, 0.3) is 11.5 Å². The van der Waals surface area contributed by atoms with E-state index in [1.54, 1.807) is 17.0 Å². The van der Waals surface area contributed by atoms with Crippen LogP contribution < -0.4 is 4.90 Å². The van der Waals surface area contributed by atoms with Gasteiger partial charge < -0.3 is 9.32 Å². The lowest BCUT2D eigenvalue weighted by atomic mass is 10.1. The van der Waals surface area contributed by atoms with Crippen LogP contribution in [0.15, 0.2) is 40.8 Å². The highest BCUT2D eigenvalue weighted by molar-refractivity contribution is 6.31. The fourth-order valence-electron chi connectivity index (χ4n) is 3.58. The molecule has 0 atom stereocenters. The summed E-state index contributed by atoms with van der Waals surface area (Å²) in [6.07, 6.45) is -2.74. The summed E-state index contributed by atoms with van der Waals surface area (Å²) in [4.78, 5) is 3.81. The highest BCUT2D eigenvalue weighted by atomic mass is 35.5. The van der Waals surface area contributed by atoms with E-state index in [0.717, 1.165) is 32.0 Å². The molecule has 2 aromatic carbocycles. The molecule has 0 spiro atoms. The minimum atomic E-state index is -4.79. The highest BCUT2D eigenvalue weighted by Gasteiger charge is 2.38. The zero-order valence-electron chi connectivity index (χ0n) is 16.7. The minimum Gasteiger partial charge on any atom is -0.413 e. The van der Waals surface area contributed by atoms with E-state index in [2.05, 4.69) is 19.5 Å². The monoisotopic (exact) mass is 472 g/mol. The normalized spacial score (nSPS) is 14.8. The molecule has 0 bridgehead atoms. The molecule has 3 aromatic rings. The first-order valence-electron chi connectivity index (χ1n) is 9.83. The van der Waals surface area contributed by atoms with Gasteiger partial charge in [-0.25, -0.2) is 8.78 Å². The summed E-state index contributed by atoms with van der Waals surface area (Å²) in [5.41, 5.74) is 0.469. The molecule has 1 aliphatic rings. The van der Waals surface area contributed by atoms with E-state index in [1.807, 2.05) is 0 Å². The van der Waals surface area contributed by atoms with Crippen LogP contribution in [0.1, 0.15) is 24.3 Å². The molecule has 170 valence electrons.